The molecule has 6 heteroatoms. The number of amides is 1. The largest absolute Gasteiger partial charge is 0.382 e. The van der Waals surface area contributed by atoms with Gasteiger partial charge < -0.3 is 5.32 Å². The van der Waals surface area contributed by atoms with Crippen molar-refractivity contribution < 1.29 is 10.0 Å². The molecule has 0 bridgehead atoms. The number of nitrogens with zero attached hydrogens (tertiary/aromatic N) is 2. The third-order valence-corrected chi connectivity index (χ3v) is 5.76. The summed E-state index contributed by atoms with van der Waals surface area (Å²) in [4.78, 5) is 17.2. The molecule has 2 aromatic rings. The zero-order valence-electron chi connectivity index (χ0n) is 18.0. The van der Waals surface area contributed by atoms with E-state index in [1.165, 1.54) is 17.2 Å². The quantitative estimate of drug-likeness (QED) is 0.640. The Morgan fingerprint density at radius 2 is 1.91 bits per heavy atom. The SMILES string of the molecule is Cc1cccccccc(CC2CNc3ccc(Cl)cc3C(C3=CC(=O)N(O)CC3)=N2)c1. The number of rotatable bonds is 3. The van der Waals surface area contributed by atoms with Crippen molar-refractivity contribution in [1.82, 2.24) is 5.06 Å². The molecule has 0 aromatic heterocycles. The number of anilines is 1. The van der Waals surface area contributed by atoms with Gasteiger partial charge in [0, 0.05) is 28.9 Å². The van der Waals surface area contributed by atoms with Gasteiger partial charge in [-0.05, 0) is 49.1 Å². The summed E-state index contributed by atoms with van der Waals surface area (Å²) in [5, 5.41) is 14.6. The Morgan fingerprint density at radius 1 is 1.12 bits per heavy atom. The highest BCUT2D eigenvalue weighted by Gasteiger charge is 2.25. The molecule has 2 aromatic carbocycles. The third kappa shape index (κ3) is 5.36. The molecule has 0 spiro atoms. The second-order valence-corrected chi connectivity index (χ2v) is 8.48. The van der Waals surface area contributed by atoms with E-state index >= 15 is 0 Å². The van der Waals surface area contributed by atoms with E-state index in [-0.39, 0.29) is 12.6 Å². The fraction of sp³-hybridized carbons (Fsp3) is 0.231. The lowest BCUT2D eigenvalue weighted by molar-refractivity contribution is -0.160. The van der Waals surface area contributed by atoms with Crippen molar-refractivity contribution >= 4 is 28.9 Å². The summed E-state index contributed by atoms with van der Waals surface area (Å²) in [6.45, 7) is 2.99. The molecule has 1 amide bonds. The van der Waals surface area contributed by atoms with Crippen molar-refractivity contribution in [3.8, 4) is 0 Å². The van der Waals surface area contributed by atoms with E-state index < -0.39 is 5.91 Å². The lowest BCUT2D eigenvalue weighted by atomic mass is 9.96. The summed E-state index contributed by atoms with van der Waals surface area (Å²) in [6, 6.07) is 22.1. The first-order valence-electron chi connectivity index (χ1n) is 10.7. The molecule has 2 N–H and O–H groups in total. The Kier molecular flexibility index (Phi) is 6.88. The van der Waals surface area contributed by atoms with Crippen LogP contribution in [0.5, 0.6) is 0 Å². The van der Waals surface area contributed by atoms with Gasteiger partial charge in [-0.3, -0.25) is 15.0 Å². The van der Waals surface area contributed by atoms with Gasteiger partial charge in [0.15, 0.2) is 0 Å². The highest BCUT2D eigenvalue weighted by molar-refractivity contribution is 6.31. The average molecular weight is 448 g/mol. The van der Waals surface area contributed by atoms with Gasteiger partial charge in [-0.25, -0.2) is 5.06 Å². The number of aliphatic imine (C=N–C) groups is 1. The molecule has 1 unspecified atom stereocenters. The van der Waals surface area contributed by atoms with Crippen LogP contribution in [-0.4, -0.2) is 41.0 Å². The van der Waals surface area contributed by atoms with Crippen LogP contribution in [0.1, 0.15) is 23.1 Å². The Bertz CT molecular complexity index is 1140. The smallest absolute Gasteiger partial charge is 0.270 e. The second kappa shape index (κ2) is 9.98. The molecule has 0 fully saturated rings. The highest BCUT2D eigenvalue weighted by atomic mass is 35.5. The number of fused-ring (bicyclic) bond motifs is 1. The van der Waals surface area contributed by atoms with Gasteiger partial charge in [-0.2, -0.15) is 0 Å². The number of hydrogen-bond donors (Lipinski definition) is 2. The normalized spacial score (nSPS) is 17.9. The van der Waals surface area contributed by atoms with Crippen molar-refractivity contribution in [1.29, 1.82) is 0 Å². The number of aryl methyl sites for hydroxylation is 1. The highest BCUT2D eigenvalue weighted by Crippen LogP contribution is 2.29. The van der Waals surface area contributed by atoms with Crippen LogP contribution < -0.4 is 5.32 Å². The van der Waals surface area contributed by atoms with E-state index in [1.54, 1.807) is 0 Å². The number of halogens is 1. The molecule has 0 saturated carbocycles. The zero-order chi connectivity index (χ0) is 22.5. The maximum absolute atomic E-state index is 12.1. The third-order valence-electron chi connectivity index (χ3n) is 5.52. The topological polar surface area (TPSA) is 64.9 Å². The van der Waals surface area contributed by atoms with Gasteiger partial charge in [0.25, 0.3) is 5.91 Å². The molecule has 164 valence electrons. The van der Waals surface area contributed by atoms with Gasteiger partial charge in [0.05, 0.1) is 18.3 Å². The first kappa shape index (κ1) is 22.1. The summed E-state index contributed by atoms with van der Waals surface area (Å²) >= 11 is 6.30. The molecule has 5 nitrogen and oxygen atoms in total. The van der Waals surface area contributed by atoms with E-state index in [0.29, 0.717) is 18.0 Å². The fourth-order valence-electron chi connectivity index (χ4n) is 3.95. The van der Waals surface area contributed by atoms with E-state index in [2.05, 4.69) is 30.4 Å². The number of carbonyl (C=O) groups excluding carboxylic acids is 1. The van der Waals surface area contributed by atoms with Crippen LogP contribution in [0.4, 0.5) is 5.69 Å². The van der Waals surface area contributed by atoms with Gasteiger partial charge >= 0.3 is 0 Å². The number of benzodiazepines with no additional fused rings is 1. The predicted octanol–water partition coefficient (Wildman–Crippen LogP) is 5.15. The molecule has 2 heterocycles. The molecular weight excluding hydrogens is 422 g/mol. The predicted molar refractivity (Wildman–Crippen MR) is 129 cm³/mol. The number of carbonyl (C=O) groups is 1. The van der Waals surface area contributed by atoms with E-state index in [1.807, 2.05) is 48.5 Å². The summed E-state index contributed by atoms with van der Waals surface area (Å²) in [7, 11) is 0. The van der Waals surface area contributed by atoms with Crippen molar-refractivity contribution in [3.05, 3.63) is 100 Å². The van der Waals surface area contributed by atoms with Crippen molar-refractivity contribution in [2.24, 2.45) is 4.99 Å². The van der Waals surface area contributed by atoms with Crippen molar-refractivity contribution in [2.45, 2.75) is 25.8 Å². The fourth-order valence-corrected chi connectivity index (χ4v) is 4.12. The Morgan fingerprint density at radius 3 is 2.72 bits per heavy atom. The number of benzene rings is 1. The standard InChI is InChI=1S/C26H26ClN3O2/c1-18-7-5-3-2-4-6-8-19(13-18)14-22-17-28-24-10-9-21(27)16-23(24)26(29-22)20-11-12-30(32)25(31)15-20/h2-10,13,15-16,22,28,32H,11-12,14,17H2,1H3. The minimum absolute atomic E-state index is 0.0366. The number of hydroxylamine groups is 2. The van der Waals surface area contributed by atoms with Crippen LogP contribution in [0.3, 0.4) is 0 Å². The van der Waals surface area contributed by atoms with Crippen LogP contribution in [-0.2, 0) is 11.2 Å². The minimum atomic E-state index is -0.426. The molecular formula is C26H26ClN3O2. The molecule has 2 aliphatic rings. The monoisotopic (exact) mass is 447 g/mol. The minimum Gasteiger partial charge on any atom is -0.382 e. The van der Waals surface area contributed by atoms with Crippen molar-refractivity contribution in [2.75, 3.05) is 18.4 Å². The summed E-state index contributed by atoms with van der Waals surface area (Å²) < 4.78 is 0. The average Bonchev–Trinajstić information content (AvgIpc) is 2.94. The van der Waals surface area contributed by atoms with Gasteiger partial charge in [-0.1, -0.05) is 65.7 Å². The molecule has 0 saturated heterocycles. The Hall–Kier alpha value is -3.15. The molecule has 1 atom stereocenters. The Balaban J connectivity index is 1.75. The first-order chi connectivity index (χ1) is 15.5. The van der Waals surface area contributed by atoms with Crippen LogP contribution in [0.25, 0.3) is 0 Å². The van der Waals surface area contributed by atoms with Crippen LogP contribution >= 0.6 is 11.6 Å². The maximum atomic E-state index is 12.1. The lowest BCUT2D eigenvalue weighted by Gasteiger charge is -2.22. The Labute approximate surface area is 193 Å². The first-order valence-corrected chi connectivity index (χ1v) is 11.1. The lowest BCUT2D eigenvalue weighted by Crippen LogP contribution is -2.32. The van der Waals surface area contributed by atoms with E-state index in [9.17, 15) is 10.0 Å². The van der Waals surface area contributed by atoms with Gasteiger partial charge in [0.2, 0.25) is 0 Å². The molecule has 2 aliphatic heterocycles. The number of nitrogens with one attached hydrogen (secondary N) is 1. The van der Waals surface area contributed by atoms with Crippen LogP contribution in [0.2, 0.25) is 5.02 Å². The molecule has 0 radical (unpaired) electrons. The van der Waals surface area contributed by atoms with E-state index in [0.717, 1.165) is 34.0 Å². The van der Waals surface area contributed by atoms with Crippen LogP contribution in [0, 0.1) is 6.92 Å². The zero-order valence-corrected chi connectivity index (χ0v) is 18.7. The summed E-state index contributed by atoms with van der Waals surface area (Å²) in [5.41, 5.74) is 5.74. The second-order valence-electron chi connectivity index (χ2n) is 8.05. The maximum Gasteiger partial charge on any atom is 0.270 e. The van der Waals surface area contributed by atoms with Crippen molar-refractivity contribution in [3.63, 3.8) is 0 Å². The molecule has 4 rings (SSSR count). The van der Waals surface area contributed by atoms with Crippen LogP contribution in [0.15, 0.2) is 83.4 Å². The molecule has 32 heavy (non-hydrogen) atoms. The van der Waals surface area contributed by atoms with Gasteiger partial charge in [0.1, 0.15) is 0 Å². The van der Waals surface area contributed by atoms with Gasteiger partial charge in [-0.15, -0.1) is 0 Å². The number of hydrogen-bond acceptors (Lipinski definition) is 4. The molecule has 0 aliphatic carbocycles. The van der Waals surface area contributed by atoms with E-state index in [4.69, 9.17) is 16.6 Å². The summed E-state index contributed by atoms with van der Waals surface area (Å²) in [5.74, 6) is -0.426. The summed E-state index contributed by atoms with van der Waals surface area (Å²) in [6.07, 6.45) is 2.74.